The van der Waals surface area contributed by atoms with Crippen molar-refractivity contribution in [1.82, 2.24) is 15.1 Å². The summed E-state index contributed by atoms with van der Waals surface area (Å²) < 4.78 is 1.62. The van der Waals surface area contributed by atoms with Crippen LogP contribution >= 0.6 is 15.9 Å². The van der Waals surface area contributed by atoms with E-state index in [2.05, 4.69) is 26.3 Å². The molecule has 1 rings (SSSR count). The Morgan fingerprint density at radius 1 is 1.79 bits per heavy atom. The number of alkyl halides is 1. The van der Waals surface area contributed by atoms with E-state index in [1.165, 1.54) is 0 Å². The molecule has 0 saturated heterocycles. The number of aryl methyl sites for hydroxylation is 1. The van der Waals surface area contributed by atoms with Crippen molar-refractivity contribution < 1.29 is 4.79 Å². The zero-order valence-corrected chi connectivity index (χ0v) is 9.91. The van der Waals surface area contributed by atoms with Gasteiger partial charge in [-0.2, -0.15) is 5.10 Å². The second-order valence-electron chi connectivity index (χ2n) is 3.23. The smallest absolute Gasteiger partial charge is 0.271 e. The SMILES string of the molecule is CC(CCBr)NC(=O)c1ccn(C)n1. The maximum Gasteiger partial charge on any atom is 0.271 e. The van der Waals surface area contributed by atoms with Crippen molar-refractivity contribution in [1.29, 1.82) is 0 Å². The van der Waals surface area contributed by atoms with Crippen LogP contribution in [0.4, 0.5) is 0 Å². The quantitative estimate of drug-likeness (QED) is 0.830. The highest BCUT2D eigenvalue weighted by Crippen LogP contribution is 1.98. The fourth-order valence-corrected chi connectivity index (χ4v) is 1.76. The molecule has 0 spiro atoms. The summed E-state index contributed by atoms with van der Waals surface area (Å²) in [6.45, 7) is 1.97. The second kappa shape index (κ2) is 5.14. The van der Waals surface area contributed by atoms with Crippen LogP contribution < -0.4 is 5.32 Å². The monoisotopic (exact) mass is 259 g/mol. The molecule has 5 heteroatoms. The molecule has 78 valence electrons. The van der Waals surface area contributed by atoms with Gasteiger partial charge >= 0.3 is 0 Å². The highest BCUT2D eigenvalue weighted by molar-refractivity contribution is 9.09. The fourth-order valence-electron chi connectivity index (χ4n) is 1.07. The lowest BCUT2D eigenvalue weighted by atomic mass is 10.2. The molecule has 1 aromatic heterocycles. The summed E-state index contributed by atoms with van der Waals surface area (Å²) in [4.78, 5) is 11.5. The Morgan fingerprint density at radius 3 is 3.00 bits per heavy atom. The summed E-state index contributed by atoms with van der Waals surface area (Å²) in [5, 5.41) is 7.77. The minimum absolute atomic E-state index is 0.112. The molecule has 0 aliphatic carbocycles. The number of carbonyl (C=O) groups excluding carboxylic acids is 1. The van der Waals surface area contributed by atoms with Gasteiger partial charge in [-0.25, -0.2) is 0 Å². The normalized spacial score (nSPS) is 12.5. The predicted molar refractivity (Wildman–Crippen MR) is 58.5 cm³/mol. The lowest BCUT2D eigenvalue weighted by Crippen LogP contribution is -2.33. The molecule has 0 aromatic carbocycles. The summed E-state index contributed by atoms with van der Waals surface area (Å²) >= 11 is 3.33. The average molecular weight is 260 g/mol. The molecule has 1 amide bonds. The van der Waals surface area contributed by atoms with Gasteiger partial charge < -0.3 is 5.32 Å². The number of hydrogen-bond acceptors (Lipinski definition) is 2. The Morgan fingerprint density at radius 2 is 2.50 bits per heavy atom. The van der Waals surface area contributed by atoms with Crippen molar-refractivity contribution in [3.05, 3.63) is 18.0 Å². The number of hydrogen-bond donors (Lipinski definition) is 1. The van der Waals surface area contributed by atoms with Crippen LogP contribution in [0.25, 0.3) is 0 Å². The molecule has 0 radical (unpaired) electrons. The first-order valence-corrected chi connectivity index (χ1v) is 5.62. The van der Waals surface area contributed by atoms with E-state index in [1.54, 1.807) is 24.0 Å². The van der Waals surface area contributed by atoms with Gasteiger partial charge in [0.2, 0.25) is 0 Å². The van der Waals surface area contributed by atoms with E-state index in [1.807, 2.05) is 6.92 Å². The number of halogens is 1. The van der Waals surface area contributed by atoms with Crippen molar-refractivity contribution >= 4 is 21.8 Å². The number of aromatic nitrogens is 2. The van der Waals surface area contributed by atoms with Gasteiger partial charge in [-0.05, 0) is 19.4 Å². The summed E-state index contributed by atoms with van der Waals surface area (Å²) in [5.74, 6) is -0.112. The van der Waals surface area contributed by atoms with E-state index >= 15 is 0 Å². The average Bonchev–Trinajstić information content (AvgIpc) is 2.52. The molecule has 4 nitrogen and oxygen atoms in total. The van der Waals surface area contributed by atoms with Crippen molar-refractivity contribution in [3.8, 4) is 0 Å². The Balaban J connectivity index is 2.50. The van der Waals surface area contributed by atoms with E-state index < -0.39 is 0 Å². The summed E-state index contributed by atoms with van der Waals surface area (Å²) in [5.41, 5.74) is 0.467. The number of rotatable bonds is 4. The molecule has 0 aliphatic heterocycles. The number of amides is 1. The van der Waals surface area contributed by atoms with Gasteiger partial charge in [-0.1, -0.05) is 15.9 Å². The molecular formula is C9H14BrN3O. The maximum absolute atomic E-state index is 11.5. The van der Waals surface area contributed by atoms with Crippen LogP contribution in [0.3, 0.4) is 0 Å². The topological polar surface area (TPSA) is 46.9 Å². The largest absolute Gasteiger partial charge is 0.348 e. The molecule has 1 unspecified atom stereocenters. The molecule has 0 fully saturated rings. The van der Waals surface area contributed by atoms with Crippen molar-refractivity contribution in [2.45, 2.75) is 19.4 Å². The van der Waals surface area contributed by atoms with E-state index in [9.17, 15) is 4.79 Å². The third-order valence-corrected chi connectivity index (χ3v) is 2.32. The van der Waals surface area contributed by atoms with Crippen LogP contribution in [0.5, 0.6) is 0 Å². The van der Waals surface area contributed by atoms with Gasteiger partial charge in [0.25, 0.3) is 5.91 Å². The van der Waals surface area contributed by atoms with Crippen LogP contribution in [0, 0.1) is 0 Å². The number of carbonyl (C=O) groups is 1. The molecule has 1 atom stereocenters. The van der Waals surface area contributed by atoms with Crippen LogP contribution in [-0.2, 0) is 7.05 Å². The maximum atomic E-state index is 11.5. The molecule has 1 heterocycles. The van der Waals surface area contributed by atoms with Crippen LogP contribution in [0.1, 0.15) is 23.8 Å². The number of nitrogens with zero attached hydrogens (tertiary/aromatic N) is 2. The molecular weight excluding hydrogens is 246 g/mol. The summed E-state index contributed by atoms with van der Waals surface area (Å²) in [6.07, 6.45) is 2.67. The van der Waals surface area contributed by atoms with Crippen molar-refractivity contribution in [2.75, 3.05) is 5.33 Å². The minimum Gasteiger partial charge on any atom is -0.348 e. The van der Waals surface area contributed by atoms with Gasteiger partial charge in [0.15, 0.2) is 0 Å². The molecule has 0 saturated carbocycles. The van der Waals surface area contributed by atoms with E-state index in [-0.39, 0.29) is 11.9 Å². The standard InChI is InChI=1S/C9H14BrN3O/c1-7(3-5-10)11-9(14)8-4-6-13(2)12-8/h4,6-7H,3,5H2,1-2H3,(H,11,14). The van der Waals surface area contributed by atoms with E-state index in [0.717, 1.165) is 11.8 Å². The highest BCUT2D eigenvalue weighted by Gasteiger charge is 2.11. The van der Waals surface area contributed by atoms with E-state index in [4.69, 9.17) is 0 Å². The Labute approximate surface area is 91.8 Å². The van der Waals surface area contributed by atoms with Gasteiger partial charge in [-0.15, -0.1) is 0 Å². The van der Waals surface area contributed by atoms with Gasteiger partial charge in [0.05, 0.1) is 0 Å². The van der Waals surface area contributed by atoms with Gasteiger partial charge in [0.1, 0.15) is 5.69 Å². The Bertz CT molecular complexity index is 311. The second-order valence-corrected chi connectivity index (χ2v) is 4.02. The van der Waals surface area contributed by atoms with Crippen LogP contribution in [0.2, 0.25) is 0 Å². The zero-order valence-electron chi connectivity index (χ0n) is 8.33. The number of nitrogens with one attached hydrogen (secondary N) is 1. The first-order valence-electron chi connectivity index (χ1n) is 4.50. The zero-order chi connectivity index (χ0) is 10.6. The van der Waals surface area contributed by atoms with Crippen LogP contribution in [-0.4, -0.2) is 27.1 Å². The fraction of sp³-hybridized carbons (Fsp3) is 0.556. The van der Waals surface area contributed by atoms with Gasteiger partial charge in [0, 0.05) is 24.6 Å². The van der Waals surface area contributed by atoms with Crippen molar-refractivity contribution in [2.24, 2.45) is 7.05 Å². The summed E-state index contributed by atoms with van der Waals surface area (Å²) in [7, 11) is 1.79. The third-order valence-electron chi connectivity index (χ3n) is 1.87. The molecule has 1 aromatic rings. The Hall–Kier alpha value is -0.840. The van der Waals surface area contributed by atoms with Crippen LogP contribution in [0.15, 0.2) is 12.3 Å². The third kappa shape index (κ3) is 3.14. The molecule has 1 N–H and O–H groups in total. The minimum atomic E-state index is -0.112. The molecule has 0 aliphatic rings. The molecule has 0 bridgehead atoms. The molecule has 14 heavy (non-hydrogen) atoms. The first kappa shape index (κ1) is 11.2. The summed E-state index contributed by atoms with van der Waals surface area (Å²) in [6, 6.07) is 1.87. The van der Waals surface area contributed by atoms with Crippen molar-refractivity contribution in [3.63, 3.8) is 0 Å². The Kier molecular flexibility index (Phi) is 4.13. The lowest BCUT2D eigenvalue weighted by Gasteiger charge is -2.10. The predicted octanol–water partition coefficient (Wildman–Crippen LogP) is 1.32. The first-order chi connectivity index (χ1) is 6.63. The lowest BCUT2D eigenvalue weighted by molar-refractivity contribution is 0.0934. The van der Waals surface area contributed by atoms with Gasteiger partial charge in [-0.3, -0.25) is 9.48 Å². The highest BCUT2D eigenvalue weighted by atomic mass is 79.9. The van der Waals surface area contributed by atoms with E-state index in [0.29, 0.717) is 5.69 Å².